The van der Waals surface area contributed by atoms with Crippen LogP contribution in [0.4, 0.5) is 0 Å². The standard InChI is InChI=1S/C34H31N3O5S/c1-5-40-33(39)30-22(4)36-34-37(31(30)27-11-6-7-12-28(27)42-21(2)3)32(38)29(43-34)18-25-9-8-10-26(17-25)41-20-24-15-13-23(19-35)14-16-24/h6-18,21,31H,5,20H2,1-4H3/b29-18-/t31-/m1/s1. The van der Waals surface area contributed by atoms with Crippen LogP contribution in [-0.2, 0) is 16.1 Å². The number of rotatable bonds is 9. The minimum absolute atomic E-state index is 0.112. The van der Waals surface area contributed by atoms with Crippen LogP contribution in [0.15, 0.2) is 93.9 Å². The van der Waals surface area contributed by atoms with E-state index in [0.717, 1.165) is 11.1 Å². The van der Waals surface area contributed by atoms with Crippen LogP contribution in [0.5, 0.6) is 11.5 Å². The van der Waals surface area contributed by atoms with E-state index in [9.17, 15) is 9.59 Å². The Bertz CT molecular complexity index is 1910. The summed E-state index contributed by atoms with van der Waals surface area (Å²) in [5.74, 6) is 0.708. The monoisotopic (exact) mass is 593 g/mol. The lowest BCUT2D eigenvalue weighted by molar-refractivity contribution is -0.139. The fourth-order valence-corrected chi connectivity index (χ4v) is 5.89. The molecule has 0 fully saturated rings. The molecule has 0 bridgehead atoms. The number of benzene rings is 3. The fourth-order valence-electron chi connectivity index (χ4n) is 4.84. The van der Waals surface area contributed by atoms with Gasteiger partial charge in [0.25, 0.3) is 5.56 Å². The van der Waals surface area contributed by atoms with Gasteiger partial charge in [0.1, 0.15) is 24.1 Å². The first-order valence-electron chi connectivity index (χ1n) is 14.0. The van der Waals surface area contributed by atoms with Crippen molar-refractivity contribution < 1.29 is 19.0 Å². The van der Waals surface area contributed by atoms with Crippen LogP contribution in [0.3, 0.4) is 0 Å². The van der Waals surface area contributed by atoms with Gasteiger partial charge in [-0.1, -0.05) is 53.8 Å². The number of carbonyl (C=O) groups is 1. The first kappa shape index (κ1) is 29.5. The Morgan fingerprint density at radius 2 is 1.88 bits per heavy atom. The summed E-state index contributed by atoms with van der Waals surface area (Å²) < 4.78 is 19.5. The molecule has 9 heteroatoms. The van der Waals surface area contributed by atoms with E-state index >= 15 is 0 Å². The Morgan fingerprint density at radius 1 is 1.12 bits per heavy atom. The van der Waals surface area contributed by atoms with Gasteiger partial charge in [-0.05, 0) is 75.2 Å². The molecular formula is C34H31N3O5S. The van der Waals surface area contributed by atoms with E-state index in [1.807, 2.05) is 74.5 Å². The molecule has 3 aromatic carbocycles. The van der Waals surface area contributed by atoms with Crippen molar-refractivity contribution in [1.82, 2.24) is 4.57 Å². The molecule has 0 spiro atoms. The smallest absolute Gasteiger partial charge is 0.338 e. The quantitative estimate of drug-likeness (QED) is 0.252. The lowest BCUT2D eigenvalue weighted by Crippen LogP contribution is -2.40. The van der Waals surface area contributed by atoms with Gasteiger partial charge in [-0.25, -0.2) is 9.79 Å². The van der Waals surface area contributed by atoms with Crippen LogP contribution in [0.1, 0.15) is 56.0 Å². The van der Waals surface area contributed by atoms with Gasteiger partial charge in [0.05, 0.1) is 40.1 Å². The summed E-state index contributed by atoms with van der Waals surface area (Å²) in [5.41, 5.74) is 3.52. The Morgan fingerprint density at radius 3 is 2.60 bits per heavy atom. The molecule has 0 radical (unpaired) electrons. The van der Waals surface area contributed by atoms with E-state index in [1.54, 1.807) is 36.6 Å². The summed E-state index contributed by atoms with van der Waals surface area (Å²) in [6.07, 6.45) is 1.69. The van der Waals surface area contributed by atoms with Crippen LogP contribution in [-0.4, -0.2) is 23.2 Å². The molecule has 1 aliphatic heterocycles. The number of para-hydroxylation sites is 1. The minimum Gasteiger partial charge on any atom is -0.491 e. The van der Waals surface area contributed by atoms with E-state index in [-0.39, 0.29) is 18.3 Å². The lowest BCUT2D eigenvalue weighted by atomic mass is 9.95. The molecule has 43 heavy (non-hydrogen) atoms. The lowest BCUT2D eigenvalue weighted by Gasteiger charge is -2.26. The molecule has 2 heterocycles. The Labute approximate surface area is 253 Å². The highest BCUT2D eigenvalue weighted by Crippen LogP contribution is 2.36. The van der Waals surface area contributed by atoms with Crippen molar-refractivity contribution in [2.24, 2.45) is 4.99 Å². The third-order valence-electron chi connectivity index (χ3n) is 6.74. The van der Waals surface area contributed by atoms with Crippen molar-refractivity contribution >= 4 is 23.4 Å². The average molecular weight is 594 g/mol. The molecule has 218 valence electrons. The zero-order valence-corrected chi connectivity index (χ0v) is 25.2. The Hall–Kier alpha value is -4.94. The average Bonchev–Trinajstić information content (AvgIpc) is 3.29. The number of fused-ring (bicyclic) bond motifs is 1. The number of esters is 1. The van der Waals surface area contributed by atoms with Crippen molar-refractivity contribution in [3.63, 3.8) is 0 Å². The SMILES string of the molecule is CCOC(=O)C1=C(C)N=c2s/c(=C\c3cccc(OCc4ccc(C#N)cc4)c3)c(=O)n2[C@@H]1c1ccccc1OC(C)C. The molecular weight excluding hydrogens is 562 g/mol. The molecule has 4 aromatic rings. The van der Waals surface area contributed by atoms with Crippen LogP contribution >= 0.6 is 11.3 Å². The van der Waals surface area contributed by atoms with Crippen molar-refractivity contribution in [2.45, 2.75) is 46.4 Å². The summed E-state index contributed by atoms with van der Waals surface area (Å²) in [7, 11) is 0. The highest BCUT2D eigenvalue weighted by Gasteiger charge is 2.35. The molecule has 0 amide bonds. The number of nitriles is 1. The molecule has 0 N–H and O–H groups in total. The molecule has 0 saturated carbocycles. The Balaban J connectivity index is 1.55. The first-order valence-corrected chi connectivity index (χ1v) is 14.8. The van der Waals surface area contributed by atoms with Gasteiger partial charge < -0.3 is 14.2 Å². The maximum Gasteiger partial charge on any atom is 0.338 e. The van der Waals surface area contributed by atoms with Crippen LogP contribution in [0.25, 0.3) is 6.08 Å². The number of ether oxygens (including phenoxy) is 3. The van der Waals surface area contributed by atoms with E-state index < -0.39 is 12.0 Å². The number of nitrogens with zero attached hydrogens (tertiary/aromatic N) is 3. The number of hydrogen-bond acceptors (Lipinski definition) is 8. The number of allylic oxidation sites excluding steroid dienone is 1. The zero-order valence-electron chi connectivity index (χ0n) is 24.4. The number of hydrogen-bond donors (Lipinski definition) is 0. The summed E-state index contributed by atoms with van der Waals surface area (Å²) in [4.78, 5) is 32.4. The first-order chi connectivity index (χ1) is 20.8. The van der Waals surface area contributed by atoms with Gasteiger partial charge in [0.2, 0.25) is 0 Å². The van der Waals surface area contributed by atoms with Crippen molar-refractivity contribution in [3.8, 4) is 17.6 Å². The Kier molecular flexibility index (Phi) is 8.88. The van der Waals surface area contributed by atoms with Gasteiger partial charge in [-0.15, -0.1) is 0 Å². The van der Waals surface area contributed by atoms with Gasteiger partial charge in [0.15, 0.2) is 4.80 Å². The third-order valence-corrected chi connectivity index (χ3v) is 7.72. The van der Waals surface area contributed by atoms with Crippen molar-refractivity contribution in [3.05, 3.63) is 126 Å². The second-order valence-electron chi connectivity index (χ2n) is 10.2. The molecule has 8 nitrogen and oxygen atoms in total. The maximum absolute atomic E-state index is 14.0. The molecule has 1 atom stereocenters. The second-order valence-corrected chi connectivity index (χ2v) is 11.2. The van der Waals surface area contributed by atoms with Crippen molar-refractivity contribution in [1.29, 1.82) is 5.26 Å². The molecule has 1 aromatic heterocycles. The zero-order chi connectivity index (χ0) is 30.5. The molecule has 0 saturated heterocycles. The van der Waals surface area contributed by atoms with Gasteiger partial charge >= 0.3 is 5.97 Å². The number of carbonyl (C=O) groups excluding carboxylic acids is 1. The molecule has 0 aliphatic carbocycles. The highest BCUT2D eigenvalue weighted by molar-refractivity contribution is 7.07. The second kappa shape index (κ2) is 12.9. The maximum atomic E-state index is 14.0. The topological polar surface area (TPSA) is 103 Å². The van der Waals surface area contributed by atoms with Crippen molar-refractivity contribution in [2.75, 3.05) is 6.61 Å². The number of aromatic nitrogens is 1. The van der Waals surface area contributed by atoms with Gasteiger partial charge in [-0.2, -0.15) is 5.26 Å². The van der Waals surface area contributed by atoms with Gasteiger partial charge in [-0.3, -0.25) is 9.36 Å². The summed E-state index contributed by atoms with van der Waals surface area (Å²) >= 11 is 1.26. The summed E-state index contributed by atoms with van der Waals surface area (Å²) in [6, 6.07) is 23.5. The molecule has 0 unspecified atom stereocenters. The van der Waals surface area contributed by atoms with E-state index in [4.69, 9.17) is 19.5 Å². The normalized spacial score (nSPS) is 14.6. The summed E-state index contributed by atoms with van der Waals surface area (Å²) in [6.45, 7) is 7.90. The largest absolute Gasteiger partial charge is 0.491 e. The van der Waals surface area contributed by atoms with E-state index in [1.165, 1.54) is 11.3 Å². The predicted molar refractivity (Wildman–Crippen MR) is 165 cm³/mol. The summed E-state index contributed by atoms with van der Waals surface area (Å²) in [5, 5.41) is 9.01. The minimum atomic E-state index is -0.769. The van der Waals surface area contributed by atoms with Crippen LogP contribution in [0.2, 0.25) is 0 Å². The third kappa shape index (κ3) is 6.45. The van der Waals surface area contributed by atoms with Crippen LogP contribution < -0.4 is 24.4 Å². The van der Waals surface area contributed by atoms with Gasteiger partial charge in [0, 0.05) is 5.56 Å². The highest BCUT2D eigenvalue weighted by atomic mass is 32.1. The molecule has 5 rings (SSSR count). The number of thiazole rings is 1. The van der Waals surface area contributed by atoms with Crippen LogP contribution in [0, 0.1) is 11.3 Å². The van der Waals surface area contributed by atoms with E-state index in [0.29, 0.717) is 49.8 Å². The molecule has 1 aliphatic rings. The fraction of sp³-hybridized carbons (Fsp3) is 0.235. The predicted octanol–water partition coefficient (Wildman–Crippen LogP) is 5.04. The van der Waals surface area contributed by atoms with E-state index in [2.05, 4.69) is 11.1 Å².